The van der Waals surface area contributed by atoms with E-state index in [4.69, 9.17) is 33.5 Å². The Hall–Kier alpha value is -5.85. The number of Topliss-reactive ketones (excluding diaryl/α,β-unsaturated/α-hetero) is 1. The fraction of sp³-hybridized carbons (Fsp3) is 0.604. The first-order valence-electron chi connectivity index (χ1n) is 25.4. The lowest BCUT2D eigenvalue weighted by molar-refractivity contribution is -0.271. The Labute approximate surface area is 434 Å². The van der Waals surface area contributed by atoms with Crippen LogP contribution in [0.5, 0.6) is 23.0 Å². The molecular formula is C53H72N4O18. The van der Waals surface area contributed by atoms with Gasteiger partial charge in [-0.2, -0.15) is 5.10 Å². The number of methoxy groups -OCH3 is 1. The molecule has 1 saturated carbocycles. The highest BCUT2D eigenvalue weighted by Gasteiger charge is 2.52. The van der Waals surface area contributed by atoms with E-state index in [0.29, 0.717) is 32.2 Å². The number of esters is 1. The number of anilines is 1. The van der Waals surface area contributed by atoms with Crippen molar-refractivity contribution in [2.45, 2.75) is 148 Å². The smallest absolute Gasteiger partial charge is 0.335 e. The molecule has 22 heteroatoms. The number of carbonyl (C=O) groups is 4. The molecule has 8 rings (SSSR count). The summed E-state index contributed by atoms with van der Waals surface area (Å²) >= 11 is 0. The quantitative estimate of drug-likeness (QED) is 0.0793. The zero-order valence-electron chi connectivity index (χ0n) is 43.7. The van der Waals surface area contributed by atoms with Gasteiger partial charge in [0, 0.05) is 93.4 Å². The summed E-state index contributed by atoms with van der Waals surface area (Å²) in [6.45, 7) is 14.5. The van der Waals surface area contributed by atoms with Gasteiger partial charge in [0.05, 0.1) is 53.0 Å². The van der Waals surface area contributed by atoms with Gasteiger partial charge < -0.3 is 74.6 Å². The molecule has 1 aliphatic carbocycles. The number of fused-ring (bicyclic) bond motifs is 14. The number of benzene rings is 2. The van der Waals surface area contributed by atoms with Crippen molar-refractivity contribution in [1.29, 1.82) is 0 Å². The third-order valence-electron chi connectivity index (χ3n) is 15.5. The molecule has 1 amide bonds. The zero-order valence-corrected chi connectivity index (χ0v) is 43.7. The van der Waals surface area contributed by atoms with E-state index in [2.05, 4.69) is 10.2 Å². The number of aliphatic hydroxyl groups is 5. The number of allylic oxidation sites excluding steroid dienone is 2. The lowest BCUT2D eigenvalue weighted by Gasteiger charge is -2.38. The van der Waals surface area contributed by atoms with E-state index in [9.17, 15) is 55.2 Å². The van der Waals surface area contributed by atoms with Crippen LogP contribution in [0.15, 0.2) is 41.2 Å². The maximum absolute atomic E-state index is 15.0. The van der Waals surface area contributed by atoms with Crippen LogP contribution < -0.4 is 14.8 Å². The summed E-state index contributed by atoms with van der Waals surface area (Å²) in [6, 6.07) is 0.477. The van der Waals surface area contributed by atoms with E-state index in [0.717, 1.165) is 19.1 Å². The average Bonchev–Trinajstić information content (AvgIpc) is 4.03. The lowest BCUT2D eigenvalue weighted by Crippen LogP contribution is -2.61. The van der Waals surface area contributed by atoms with Crippen LogP contribution in [0.4, 0.5) is 5.69 Å². The molecule has 0 spiro atoms. The standard InChI is InChI=1S/C53H72N4O18/c1-24-13-12-14-25(2)50(67)55-37-32(23-54-57-20-18-56(19-21-57)31-15-10-11-16-31)40(61)34-35(41(37)62)46(73-52-44(65)42(63)43(64)48(74-52)51(68)69)29(6)47-36(34)49(66)53(8,75-47)71-22-17-33(70-9)26(3)45(72-30(7)58)28(5)39(60)27(4)38(24)59/h12-14,17,22-24,26-28,31,33,38-39,42-45,48,52,59-65H,10-11,15-16,18-21H2,1-9H3,(H,55,67)(H,68,69)/b13-12+,22-17+,25-14-,54-23+/t24-,26+,27+,28+,33-,38-,39+,42?,43?,44?,45+,48?,52?,53-/m0/s1. The van der Waals surface area contributed by atoms with Crippen molar-refractivity contribution in [3.05, 3.63) is 52.8 Å². The Morgan fingerprint density at radius 1 is 0.867 bits per heavy atom. The van der Waals surface area contributed by atoms with Crippen molar-refractivity contribution in [2.75, 3.05) is 38.6 Å². The van der Waals surface area contributed by atoms with Gasteiger partial charge in [-0.1, -0.05) is 58.8 Å². The Kier molecular flexibility index (Phi) is 17.6. The van der Waals surface area contributed by atoms with Gasteiger partial charge >= 0.3 is 17.7 Å². The third kappa shape index (κ3) is 11.3. The van der Waals surface area contributed by atoms with Crippen LogP contribution in [0.1, 0.15) is 95.6 Å². The van der Waals surface area contributed by atoms with E-state index >= 15 is 4.79 Å². The van der Waals surface area contributed by atoms with Crippen molar-refractivity contribution >= 4 is 46.3 Å². The minimum Gasteiger partial charge on any atom is -0.506 e. The molecule has 5 unspecified atom stereocenters. The molecule has 5 heterocycles. The van der Waals surface area contributed by atoms with Crippen molar-refractivity contribution in [2.24, 2.45) is 28.8 Å². The Bertz CT molecular complexity index is 2610. The monoisotopic (exact) mass is 1050 g/mol. The molecule has 2 aromatic carbocycles. The first-order valence-corrected chi connectivity index (χ1v) is 25.4. The number of amides is 1. The summed E-state index contributed by atoms with van der Waals surface area (Å²) in [4.78, 5) is 56.4. The minimum atomic E-state index is -2.25. The largest absolute Gasteiger partial charge is 0.506 e. The second-order valence-corrected chi connectivity index (χ2v) is 20.6. The van der Waals surface area contributed by atoms with E-state index in [-0.39, 0.29) is 28.0 Å². The molecule has 5 bridgehead atoms. The molecule has 5 aliphatic heterocycles. The molecule has 3 fully saturated rings. The molecule has 14 atom stereocenters. The number of phenols is 2. The molecule has 412 valence electrons. The van der Waals surface area contributed by atoms with Crippen molar-refractivity contribution in [3.63, 3.8) is 0 Å². The number of hydrazone groups is 1. The summed E-state index contributed by atoms with van der Waals surface area (Å²) in [6.07, 6.45) is -1.81. The van der Waals surface area contributed by atoms with Crippen LogP contribution in [0.25, 0.3) is 10.8 Å². The maximum Gasteiger partial charge on any atom is 0.335 e. The predicted molar refractivity (Wildman–Crippen MR) is 270 cm³/mol. The van der Waals surface area contributed by atoms with E-state index in [1.807, 2.05) is 0 Å². The molecule has 6 aliphatic rings. The number of carboxylic acid groups (broad SMARTS) is 1. The van der Waals surface area contributed by atoms with Crippen LogP contribution in [0.3, 0.4) is 0 Å². The Morgan fingerprint density at radius 3 is 2.16 bits per heavy atom. The van der Waals surface area contributed by atoms with E-state index in [1.165, 1.54) is 72.1 Å². The first-order chi connectivity index (χ1) is 35.4. The van der Waals surface area contributed by atoms with Crippen LogP contribution in [-0.4, -0.2) is 181 Å². The second kappa shape index (κ2) is 23.2. The van der Waals surface area contributed by atoms with Crippen molar-refractivity contribution < 1.29 is 88.5 Å². The number of hydrogen-bond donors (Lipinski definition) is 9. The fourth-order valence-electron chi connectivity index (χ4n) is 10.9. The second-order valence-electron chi connectivity index (χ2n) is 20.6. The molecule has 75 heavy (non-hydrogen) atoms. The number of hydrogen-bond acceptors (Lipinski definition) is 20. The SMILES string of the molecule is CO[C@H]1/C=C/O[C@@]2(C)Oc3c(C)c(OC4OC(C(=O)O)C(O)C(O)C4O)c4c(O)c(c(/C=N/N5CCN(C6CCCC6)CC5)c(O)c4c3C2=O)NC(=O)/C(C)=C\C=C\[C@H](C)[C@H](O)[C@@H](C)[C@@H](O)[C@@H](C)[C@H](OC(C)=O)[C@@H]1C. The summed E-state index contributed by atoms with van der Waals surface area (Å²) in [5.41, 5.74) is -1.05. The van der Waals surface area contributed by atoms with Gasteiger partial charge in [-0.15, -0.1) is 0 Å². The molecule has 22 nitrogen and oxygen atoms in total. The number of nitrogens with one attached hydrogen (secondary N) is 1. The van der Waals surface area contributed by atoms with Crippen LogP contribution in [0.2, 0.25) is 0 Å². The number of ketones is 1. The van der Waals surface area contributed by atoms with Gasteiger partial charge in [-0.3, -0.25) is 24.3 Å². The molecule has 2 aromatic rings. The summed E-state index contributed by atoms with van der Waals surface area (Å²) in [5.74, 6) is -11.4. The van der Waals surface area contributed by atoms with E-state index < -0.39 is 142 Å². The molecule has 9 N–H and O–H groups in total. The summed E-state index contributed by atoms with van der Waals surface area (Å²) in [7, 11) is 1.39. The number of carbonyl (C=O) groups excluding carboxylic acids is 3. The number of phenolic OH excluding ortho intramolecular Hbond substituents is 2. The lowest BCUT2D eigenvalue weighted by atomic mass is 9.78. The number of piperazine rings is 1. The van der Waals surface area contributed by atoms with Crippen molar-refractivity contribution in [3.8, 4) is 23.0 Å². The number of aliphatic hydroxyl groups excluding tert-OH is 5. The van der Waals surface area contributed by atoms with Gasteiger partial charge in [0.2, 0.25) is 6.29 Å². The first kappa shape index (κ1) is 56.9. The summed E-state index contributed by atoms with van der Waals surface area (Å²) < 4.78 is 35.7. The van der Waals surface area contributed by atoms with Crippen LogP contribution in [-0.2, 0) is 33.3 Å². The number of ether oxygens (including phenoxy) is 6. The minimum absolute atomic E-state index is 0.0667. The van der Waals surface area contributed by atoms with Gasteiger partial charge in [-0.05, 0) is 32.8 Å². The number of carboxylic acids is 1. The molecule has 0 radical (unpaired) electrons. The highest BCUT2D eigenvalue weighted by atomic mass is 16.7. The van der Waals surface area contributed by atoms with Gasteiger partial charge in [0.25, 0.3) is 11.7 Å². The number of rotatable bonds is 8. The normalized spacial score (nSPS) is 35.2. The van der Waals surface area contributed by atoms with Crippen LogP contribution in [0, 0.1) is 30.6 Å². The molecular weight excluding hydrogens is 981 g/mol. The van der Waals surface area contributed by atoms with Gasteiger partial charge in [0.15, 0.2) is 11.9 Å². The van der Waals surface area contributed by atoms with Crippen molar-refractivity contribution in [1.82, 2.24) is 9.91 Å². The molecule has 2 saturated heterocycles. The Balaban J connectivity index is 1.43. The predicted octanol–water partition coefficient (Wildman–Crippen LogP) is 3.21. The molecule has 0 aromatic heterocycles. The van der Waals surface area contributed by atoms with Gasteiger partial charge in [0.1, 0.15) is 41.7 Å². The highest BCUT2D eigenvalue weighted by molar-refractivity contribution is 6.24. The van der Waals surface area contributed by atoms with Gasteiger partial charge in [-0.25, -0.2) is 4.79 Å². The van der Waals surface area contributed by atoms with Crippen LogP contribution >= 0.6 is 0 Å². The number of aromatic hydroxyl groups is 2. The number of nitrogens with zero attached hydrogens (tertiary/aromatic N) is 3. The topological polar surface area (TPSA) is 316 Å². The Morgan fingerprint density at radius 2 is 1.53 bits per heavy atom. The fourth-order valence-corrected chi connectivity index (χ4v) is 10.9. The maximum atomic E-state index is 15.0. The average molecular weight is 1050 g/mol. The summed E-state index contributed by atoms with van der Waals surface area (Å²) in [5, 5.41) is 99.1. The number of aliphatic carboxylic acids is 1. The highest BCUT2D eigenvalue weighted by Crippen LogP contribution is 2.56. The van der Waals surface area contributed by atoms with E-state index in [1.54, 1.807) is 38.8 Å². The zero-order chi connectivity index (χ0) is 55.0. The third-order valence-corrected chi connectivity index (χ3v) is 15.5.